The first-order valence-corrected chi connectivity index (χ1v) is 9.61. The Morgan fingerprint density at radius 3 is 2.18 bits per heavy atom. The van der Waals surface area contributed by atoms with Gasteiger partial charge in [-0.05, 0) is 18.2 Å². The number of alkyl halides is 3. The van der Waals surface area contributed by atoms with Crippen molar-refractivity contribution in [2.45, 2.75) is 37.3 Å². The van der Waals surface area contributed by atoms with Crippen LogP contribution >= 0.6 is 11.6 Å². The second-order valence-electron chi connectivity index (χ2n) is 6.70. The van der Waals surface area contributed by atoms with Crippen molar-refractivity contribution in [3.05, 3.63) is 46.7 Å². The lowest BCUT2D eigenvalue weighted by atomic mass is 9.91. The summed E-state index contributed by atoms with van der Waals surface area (Å²) in [6, 6.07) is 4.79. The van der Waals surface area contributed by atoms with E-state index in [9.17, 15) is 26.4 Å². The van der Waals surface area contributed by atoms with E-state index in [1.165, 1.54) is 18.2 Å². The molecule has 0 saturated heterocycles. The van der Waals surface area contributed by atoms with Crippen LogP contribution < -0.4 is 10.0 Å². The topological polar surface area (TPSA) is 101 Å². The molecule has 0 bridgehead atoms. The van der Waals surface area contributed by atoms with E-state index in [1.54, 1.807) is 25.5 Å². The molecule has 0 spiro atoms. The summed E-state index contributed by atoms with van der Waals surface area (Å²) in [5, 5.41) is 1.79. The zero-order chi connectivity index (χ0) is 21.3. The van der Waals surface area contributed by atoms with Gasteiger partial charge >= 0.3 is 12.2 Å². The maximum Gasteiger partial charge on any atom is 0.433 e. The van der Waals surface area contributed by atoms with Crippen LogP contribution in [0.2, 0.25) is 5.02 Å². The summed E-state index contributed by atoms with van der Waals surface area (Å²) in [7, 11) is -4.36. The Labute approximate surface area is 164 Å². The number of nitrogens with one attached hydrogen (secondary N) is 2. The zero-order valence-corrected chi connectivity index (χ0v) is 16.5. The number of nitrogens with zero attached hydrogens (tertiary/aromatic N) is 2. The quantitative estimate of drug-likeness (QED) is 0.758. The van der Waals surface area contributed by atoms with Crippen molar-refractivity contribution in [1.29, 1.82) is 0 Å². The molecular formula is C16H16ClF3N4O3S. The molecule has 2 amide bonds. The minimum Gasteiger partial charge on any atom is -0.275 e. The molecule has 0 aliphatic carbocycles. The largest absolute Gasteiger partial charge is 0.433 e. The number of hydrogen-bond donors (Lipinski definition) is 2. The summed E-state index contributed by atoms with van der Waals surface area (Å²) in [4.78, 5) is 18.8. The van der Waals surface area contributed by atoms with Crippen LogP contribution in [-0.4, -0.2) is 24.4 Å². The van der Waals surface area contributed by atoms with Gasteiger partial charge in [-0.15, -0.1) is 0 Å². The minimum absolute atomic E-state index is 0.0130. The van der Waals surface area contributed by atoms with Crippen molar-refractivity contribution in [1.82, 2.24) is 14.7 Å². The fourth-order valence-electron chi connectivity index (χ4n) is 2.00. The Morgan fingerprint density at radius 1 is 1.07 bits per heavy atom. The molecule has 0 fully saturated rings. The predicted molar refractivity (Wildman–Crippen MR) is 96.5 cm³/mol. The van der Waals surface area contributed by atoms with E-state index in [0.29, 0.717) is 0 Å². The molecular weight excluding hydrogens is 421 g/mol. The molecule has 2 N–H and O–H groups in total. The average Bonchev–Trinajstić information content (AvgIpc) is 2.52. The van der Waals surface area contributed by atoms with Gasteiger partial charge < -0.3 is 0 Å². The zero-order valence-electron chi connectivity index (χ0n) is 14.9. The van der Waals surface area contributed by atoms with Gasteiger partial charge in [-0.25, -0.2) is 27.9 Å². The minimum atomic E-state index is -4.78. The van der Waals surface area contributed by atoms with Crippen LogP contribution in [0.25, 0.3) is 0 Å². The third-order valence-corrected chi connectivity index (χ3v) is 5.19. The van der Waals surface area contributed by atoms with Gasteiger partial charge in [0.05, 0.1) is 10.7 Å². The highest BCUT2D eigenvalue weighted by Crippen LogP contribution is 2.31. The predicted octanol–water partition coefficient (Wildman–Crippen LogP) is 3.96. The molecule has 0 aliphatic rings. The fraction of sp³-hybridized carbons (Fsp3) is 0.312. The van der Waals surface area contributed by atoms with Crippen LogP contribution in [0.15, 0.2) is 35.2 Å². The van der Waals surface area contributed by atoms with Gasteiger partial charge in [-0.1, -0.05) is 44.5 Å². The van der Waals surface area contributed by atoms with Crippen molar-refractivity contribution >= 4 is 33.6 Å². The van der Waals surface area contributed by atoms with Gasteiger partial charge in [0, 0.05) is 5.41 Å². The van der Waals surface area contributed by atoms with E-state index in [2.05, 4.69) is 9.97 Å². The molecule has 1 heterocycles. The number of carbonyl (C=O) groups is 1. The highest BCUT2D eigenvalue weighted by molar-refractivity contribution is 7.90. The molecule has 1 aromatic carbocycles. The van der Waals surface area contributed by atoms with E-state index in [-0.39, 0.29) is 15.6 Å². The lowest BCUT2D eigenvalue weighted by Crippen LogP contribution is -2.35. The molecule has 0 saturated carbocycles. The number of aromatic nitrogens is 2. The van der Waals surface area contributed by atoms with Crippen LogP contribution in [0.5, 0.6) is 0 Å². The molecule has 0 unspecified atom stereocenters. The molecule has 2 aromatic rings. The molecule has 0 radical (unpaired) electrons. The molecule has 2 rings (SSSR count). The first-order valence-electron chi connectivity index (χ1n) is 7.75. The Balaban J connectivity index is 2.32. The molecule has 152 valence electrons. The second kappa shape index (κ2) is 7.55. The Kier molecular flexibility index (Phi) is 5.90. The molecule has 1 aromatic heterocycles. The summed E-state index contributed by atoms with van der Waals surface area (Å²) >= 11 is 5.79. The van der Waals surface area contributed by atoms with Crippen LogP contribution in [0.3, 0.4) is 0 Å². The van der Waals surface area contributed by atoms with Gasteiger partial charge in [0.15, 0.2) is 0 Å². The summed E-state index contributed by atoms with van der Waals surface area (Å²) in [5.74, 6) is -0.688. The smallest absolute Gasteiger partial charge is 0.275 e. The Morgan fingerprint density at radius 2 is 1.64 bits per heavy atom. The van der Waals surface area contributed by atoms with Gasteiger partial charge in [-0.2, -0.15) is 13.2 Å². The summed E-state index contributed by atoms with van der Waals surface area (Å²) in [6.45, 7) is 4.88. The van der Waals surface area contributed by atoms with Gasteiger partial charge in [0.2, 0.25) is 5.95 Å². The Hall–Kier alpha value is -2.40. The van der Waals surface area contributed by atoms with E-state index >= 15 is 0 Å². The molecule has 12 heteroatoms. The SMILES string of the molecule is CC(C)(C)c1cc(C(F)(F)F)nc(NC(=O)NS(=O)(=O)c2ccccc2Cl)n1. The third kappa shape index (κ3) is 5.32. The number of amides is 2. The van der Waals surface area contributed by atoms with Gasteiger partial charge in [-0.3, -0.25) is 5.32 Å². The summed E-state index contributed by atoms with van der Waals surface area (Å²) in [5.41, 5.74) is -2.03. The molecule has 0 atom stereocenters. The Bertz CT molecular complexity index is 973. The number of rotatable bonds is 3. The number of anilines is 1. The number of halogens is 4. The highest BCUT2D eigenvalue weighted by atomic mass is 35.5. The standard InChI is InChI=1S/C16H16ClF3N4O3S/c1-15(2,3)11-8-12(16(18,19)20)22-13(21-11)23-14(25)24-28(26,27)10-7-5-4-6-9(10)17/h4-8H,1-3H3,(H2,21,22,23,24,25). The lowest BCUT2D eigenvalue weighted by molar-refractivity contribution is -0.141. The van der Waals surface area contributed by atoms with E-state index in [0.717, 1.165) is 12.1 Å². The molecule has 0 aliphatic heterocycles. The van der Waals surface area contributed by atoms with E-state index in [4.69, 9.17) is 11.6 Å². The van der Waals surface area contributed by atoms with Crippen LogP contribution in [0, 0.1) is 0 Å². The monoisotopic (exact) mass is 436 g/mol. The lowest BCUT2D eigenvalue weighted by Gasteiger charge is -2.20. The van der Waals surface area contributed by atoms with Crippen molar-refractivity contribution in [3.8, 4) is 0 Å². The van der Waals surface area contributed by atoms with Crippen LogP contribution in [0.1, 0.15) is 32.2 Å². The average molecular weight is 437 g/mol. The number of urea groups is 1. The third-order valence-electron chi connectivity index (χ3n) is 3.36. The van der Waals surface area contributed by atoms with Crippen molar-refractivity contribution in [2.24, 2.45) is 0 Å². The first-order chi connectivity index (χ1) is 12.7. The van der Waals surface area contributed by atoms with Crippen molar-refractivity contribution < 1.29 is 26.4 Å². The molecule has 28 heavy (non-hydrogen) atoms. The maximum atomic E-state index is 13.1. The first kappa shape index (κ1) is 21.9. The normalized spacial score (nSPS) is 12.5. The number of sulfonamides is 1. The van der Waals surface area contributed by atoms with Crippen molar-refractivity contribution in [2.75, 3.05) is 5.32 Å². The van der Waals surface area contributed by atoms with Crippen LogP contribution in [-0.2, 0) is 21.6 Å². The van der Waals surface area contributed by atoms with E-state index in [1.807, 2.05) is 5.32 Å². The fourth-order valence-corrected chi connectivity index (χ4v) is 3.43. The van der Waals surface area contributed by atoms with Gasteiger partial charge in [0.25, 0.3) is 10.0 Å². The number of hydrogen-bond acceptors (Lipinski definition) is 5. The van der Waals surface area contributed by atoms with E-state index < -0.39 is 39.3 Å². The van der Waals surface area contributed by atoms with Crippen molar-refractivity contribution in [3.63, 3.8) is 0 Å². The van der Waals surface area contributed by atoms with Crippen LogP contribution in [0.4, 0.5) is 23.9 Å². The van der Waals surface area contributed by atoms with Gasteiger partial charge in [0.1, 0.15) is 10.6 Å². The second-order valence-corrected chi connectivity index (χ2v) is 8.76. The molecule has 7 nitrogen and oxygen atoms in total. The number of benzene rings is 1. The summed E-state index contributed by atoms with van der Waals surface area (Å²) in [6.07, 6.45) is -4.78. The highest BCUT2D eigenvalue weighted by Gasteiger charge is 2.35. The number of carbonyl (C=O) groups excluding carboxylic acids is 1. The summed E-state index contributed by atoms with van der Waals surface area (Å²) < 4.78 is 65.4. The maximum absolute atomic E-state index is 13.1.